The summed E-state index contributed by atoms with van der Waals surface area (Å²) in [5.74, 6) is -0.214. The van der Waals surface area contributed by atoms with Crippen molar-refractivity contribution < 1.29 is 13.9 Å². The van der Waals surface area contributed by atoms with Crippen LogP contribution >= 0.6 is 0 Å². The third-order valence-electron chi connectivity index (χ3n) is 3.90. The Morgan fingerprint density at radius 1 is 1.18 bits per heavy atom. The highest BCUT2D eigenvalue weighted by molar-refractivity contribution is 5.92. The topological polar surface area (TPSA) is 85.2 Å². The summed E-state index contributed by atoms with van der Waals surface area (Å²) < 4.78 is 19.8. The van der Waals surface area contributed by atoms with E-state index in [1.165, 1.54) is 35.9 Å². The monoisotopic (exact) mass is 382 g/mol. The van der Waals surface area contributed by atoms with Gasteiger partial charge in [-0.3, -0.25) is 14.2 Å². The normalized spacial score (nSPS) is 10.4. The summed E-state index contributed by atoms with van der Waals surface area (Å²) in [6, 6.07) is 14.0. The lowest BCUT2D eigenvalue weighted by atomic mass is 10.3. The van der Waals surface area contributed by atoms with Crippen LogP contribution in [0.25, 0.3) is 0 Å². The molecule has 7 nitrogen and oxygen atoms in total. The average Bonchev–Trinajstić information content (AvgIpc) is 2.65. The standard InChI is InChI=1S/C20H19FN4O3/c1-13-10-19(27)25(20(22-13)23-15-7-5-6-14(21)11-15)12-18(26)24-16-8-3-4-9-17(16)28-2/h3-11H,12H2,1-2H3,(H,22,23)(H,24,26). The summed E-state index contributed by atoms with van der Waals surface area (Å²) in [6.45, 7) is 1.39. The van der Waals surface area contributed by atoms with E-state index in [2.05, 4.69) is 15.6 Å². The second-order valence-electron chi connectivity index (χ2n) is 6.03. The Kier molecular flexibility index (Phi) is 5.69. The quantitative estimate of drug-likeness (QED) is 0.684. The zero-order valence-corrected chi connectivity index (χ0v) is 15.4. The lowest BCUT2D eigenvalue weighted by Crippen LogP contribution is -2.30. The lowest BCUT2D eigenvalue weighted by Gasteiger charge is -2.15. The molecular weight excluding hydrogens is 363 g/mol. The van der Waals surface area contributed by atoms with Crippen molar-refractivity contribution in [2.75, 3.05) is 17.7 Å². The fourth-order valence-corrected chi connectivity index (χ4v) is 2.65. The van der Waals surface area contributed by atoms with Gasteiger partial charge in [-0.05, 0) is 37.3 Å². The number of ether oxygens (including phenoxy) is 1. The van der Waals surface area contributed by atoms with Crippen LogP contribution in [0, 0.1) is 12.7 Å². The summed E-state index contributed by atoms with van der Waals surface area (Å²) in [5, 5.41) is 5.61. The van der Waals surface area contributed by atoms with Gasteiger partial charge in [-0.25, -0.2) is 9.37 Å². The maximum atomic E-state index is 13.4. The molecular formula is C20H19FN4O3. The number of aromatic nitrogens is 2. The summed E-state index contributed by atoms with van der Waals surface area (Å²) in [4.78, 5) is 29.2. The first-order valence-corrected chi connectivity index (χ1v) is 8.50. The minimum Gasteiger partial charge on any atom is -0.495 e. The first kappa shape index (κ1) is 19.1. The number of hydrogen-bond acceptors (Lipinski definition) is 5. The van der Waals surface area contributed by atoms with Gasteiger partial charge in [-0.15, -0.1) is 0 Å². The molecule has 8 heteroatoms. The van der Waals surface area contributed by atoms with Gasteiger partial charge in [0.25, 0.3) is 5.56 Å². The number of benzene rings is 2. The molecule has 0 aliphatic rings. The SMILES string of the molecule is COc1ccccc1NC(=O)Cn1c(Nc2cccc(F)c2)nc(C)cc1=O. The van der Waals surface area contributed by atoms with Crippen LogP contribution in [0.1, 0.15) is 5.69 Å². The second kappa shape index (κ2) is 8.34. The number of carbonyl (C=O) groups excluding carboxylic acids is 1. The molecule has 0 unspecified atom stereocenters. The molecule has 2 N–H and O–H groups in total. The van der Waals surface area contributed by atoms with Gasteiger partial charge in [0.05, 0.1) is 12.8 Å². The Hall–Kier alpha value is -3.68. The molecule has 0 fully saturated rings. The van der Waals surface area contributed by atoms with Crippen molar-refractivity contribution in [3.05, 3.63) is 76.5 Å². The number of nitrogens with one attached hydrogen (secondary N) is 2. The molecule has 0 atom stereocenters. The Balaban J connectivity index is 1.86. The molecule has 0 radical (unpaired) electrons. The molecule has 1 amide bonds. The van der Waals surface area contributed by atoms with E-state index in [1.807, 2.05) is 0 Å². The lowest BCUT2D eigenvalue weighted by molar-refractivity contribution is -0.116. The number of rotatable bonds is 6. The predicted molar refractivity (Wildman–Crippen MR) is 105 cm³/mol. The van der Waals surface area contributed by atoms with E-state index in [4.69, 9.17) is 4.74 Å². The highest BCUT2D eigenvalue weighted by Crippen LogP contribution is 2.23. The molecule has 1 aromatic heterocycles. The fourth-order valence-electron chi connectivity index (χ4n) is 2.65. The van der Waals surface area contributed by atoms with Crippen LogP contribution in [0.3, 0.4) is 0 Å². The van der Waals surface area contributed by atoms with Crippen molar-refractivity contribution >= 4 is 23.2 Å². The van der Waals surface area contributed by atoms with Crippen LogP contribution < -0.4 is 20.9 Å². The van der Waals surface area contributed by atoms with Crippen molar-refractivity contribution in [2.24, 2.45) is 0 Å². The first-order chi connectivity index (χ1) is 13.5. The van der Waals surface area contributed by atoms with Gasteiger partial charge < -0.3 is 15.4 Å². The maximum absolute atomic E-state index is 13.4. The summed E-state index contributed by atoms with van der Waals surface area (Å²) >= 11 is 0. The number of amides is 1. The molecule has 3 rings (SSSR count). The van der Waals surface area contributed by atoms with Gasteiger partial charge in [-0.1, -0.05) is 18.2 Å². The average molecular weight is 382 g/mol. The second-order valence-corrected chi connectivity index (χ2v) is 6.03. The molecule has 3 aromatic rings. The molecule has 0 bridgehead atoms. The molecule has 0 aliphatic heterocycles. The third-order valence-corrected chi connectivity index (χ3v) is 3.90. The van der Waals surface area contributed by atoms with Crippen molar-refractivity contribution in [1.29, 1.82) is 0 Å². The van der Waals surface area contributed by atoms with E-state index in [0.29, 0.717) is 22.8 Å². The van der Waals surface area contributed by atoms with Gasteiger partial charge in [0.1, 0.15) is 18.1 Å². The fraction of sp³-hybridized carbons (Fsp3) is 0.150. The van der Waals surface area contributed by atoms with Crippen LogP contribution in [-0.2, 0) is 11.3 Å². The zero-order valence-electron chi connectivity index (χ0n) is 15.4. The van der Waals surface area contributed by atoms with Crippen molar-refractivity contribution in [3.63, 3.8) is 0 Å². The van der Waals surface area contributed by atoms with Gasteiger partial charge >= 0.3 is 0 Å². The van der Waals surface area contributed by atoms with Gasteiger partial charge in [0.2, 0.25) is 11.9 Å². The Morgan fingerprint density at radius 2 is 1.96 bits per heavy atom. The first-order valence-electron chi connectivity index (χ1n) is 8.50. The molecule has 0 spiro atoms. The van der Waals surface area contributed by atoms with E-state index < -0.39 is 17.3 Å². The molecule has 144 valence electrons. The van der Waals surface area contributed by atoms with Crippen molar-refractivity contribution in [2.45, 2.75) is 13.5 Å². The van der Waals surface area contributed by atoms with Gasteiger partial charge in [0.15, 0.2) is 0 Å². The van der Waals surface area contributed by atoms with E-state index in [0.717, 1.165) is 0 Å². The Bertz CT molecular complexity index is 1070. The van der Waals surface area contributed by atoms with Crippen LogP contribution in [-0.4, -0.2) is 22.6 Å². The Morgan fingerprint density at radius 3 is 2.71 bits per heavy atom. The molecule has 0 saturated carbocycles. The van der Waals surface area contributed by atoms with Gasteiger partial charge in [-0.2, -0.15) is 0 Å². The van der Waals surface area contributed by atoms with Crippen LogP contribution in [0.15, 0.2) is 59.4 Å². The van der Waals surface area contributed by atoms with E-state index >= 15 is 0 Å². The predicted octanol–water partition coefficient (Wildman–Crippen LogP) is 3.08. The minimum absolute atomic E-state index is 0.144. The molecule has 0 saturated heterocycles. The third kappa shape index (κ3) is 4.53. The smallest absolute Gasteiger partial charge is 0.255 e. The van der Waals surface area contributed by atoms with E-state index in [1.54, 1.807) is 37.3 Å². The number of para-hydroxylation sites is 2. The summed E-state index contributed by atoms with van der Waals surface area (Å²) in [5.41, 5.74) is 0.978. The minimum atomic E-state index is -0.431. The number of carbonyl (C=O) groups is 1. The van der Waals surface area contributed by atoms with Crippen LogP contribution in [0.4, 0.5) is 21.7 Å². The van der Waals surface area contributed by atoms with Crippen molar-refractivity contribution in [1.82, 2.24) is 9.55 Å². The number of halogens is 1. The highest BCUT2D eigenvalue weighted by atomic mass is 19.1. The number of hydrogen-bond donors (Lipinski definition) is 2. The summed E-state index contributed by atoms with van der Waals surface area (Å²) in [7, 11) is 1.50. The number of nitrogens with zero attached hydrogens (tertiary/aromatic N) is 2. The van der Waals surface area contributed by atoms with Crippen LogP contribution in [0.5, 0.6) is 5.75 Å². The number of aryl methyl sites for hydroxylation is 1. The van der Waals surface area contributed by atoms with Crippen LogP contribution in [0.2, 0.25) is 0 Å². The zero-order chi connectivity index (χ0) is 20.1. The van der Waals surface area contributed by atoms with E-state index in [9.17, 15) is 14.0 Å². The number of anilines is 3. The molecule has 2 aromatic carbocycles. The largest absolute Gasteiger partial charge is 0.495 e. The molecule has 1 heterocycles. The number of methoxy groups -OCH3 is 1. The highest BCUT2D eigenvalue weighted by Gasteiger charge is 2.13. The maximum Gasteiger partial charge on any atom is 0.255 e. The van der Waals surface area contributed by atoms with Crippen molar-refractivity contribution in [3.8, 4) is 5.75 Å². The summed E-state index contributed by atoms with van der Waals surface area (Å²) in [6.07, 6.45) is 0. The molecule has 28 heavy (non-hydrogen) atoms. The van der Waals surface area contributed by atoms with E-state index in [-0.39, 0.29) is 12.5 Å². The molecule has 0 aliphatic carbocycles. The Labute approximate surface area is 160 Å². The van der Waals surface area contributed by atoms with Gasteiger partial charge in [0, 0.05) is 17.4 Å².